The SMILES string of the molecule is CSCc1cc(-c2cccnc2)ccc1-n1ccnc1. The third-order valence-corrected chi connectivity index (χ3v) is 3.76. The first-order valence-electron chi connectivity index (χ1n) is 6.39. The number of pyridine rings is 1. The third kappa shape index (κ3) is 2.60. The quantitative estimate of drug-likeness (QED) is 0.729. The zero-order valence-corrected chi connectivity index (χ0v) is 12.0. The van der Waals surface area contributed by atoms with Crippen molar-refractivity contribution in [3.8, 4) is 16.8 Å². The molecule has 0 radical (unpaired) electrons. The summed E-state index contributed by atoms with van der Waals surface area (Å²) in [5.74, 6) is 0.974. The van der Waals surface area contributed by atoms with Gasteiger partial charge in [0.05, 0.1) is 12.0 Å². The molecular formula is C16H15N3S. The topological polar surface area (TPSA) is 30.7 Å². The van der Waals surface area contributed by atoms with Crippen LogP contribution in [0.2, 0.25) is 0 Å². The molecule has 20 heavy (non-hydrogen) atoms. The lowest BCUT2D eigenvalue weighted by molar-refractivity contribution is 1.04. The Morgan fingerprint density at radius 2 is 2.05 bits per heavy atom. The molecule has 4 heteroatoms. The second kappa shape index (κ2) is 5.92. The summed E-state index contributed by atoms with van der Waals surface area (Å²) in [7, 11) is 0. The van der Waals surface area contributed by atoms with Gasteiger partial charge in [0.2, 0.25) is 0 Å². The summed E-state index contributed by atoms with van der Waals surface area (Å²) in [4.78, 5) is 8.32. The fourth-order valence-electron chi connectivity index (χ4n) is 2.22. The van der Waals surface area contributed by atoms with E-state index in [0.29, 0.717) is 0 Å². The van der Waals surface area contributed by atoms with Crippen LogP contribution >= 0.6 is 11.8 Å². The van der Waals surface area contributed by atoms with Gasteiger partial charge in [-0.3, -0.25) is 4.98 Å². The van der Waals surface area contributed by atoms with Crippen LogP contribution in [-0.2, 0) is 5.75 Å². The van der Waals surface area contributed by atoms with Crippen molar-refractivity contribution < 1.29 is 0 Å². The Morgan fingerprint density at radius 3 is 2.75 bits per heavy atom. The van der Waals surface area contributed by atoms with Crippen LogP contribution in [0.1, 0.15) is 5.56 Å². The zero-order chi connectivity index (χ0) is 13.8. The van der Waals surface area contributed by atoms with Gasteiger partial charge < -0.3 is 4.57 Å². The van der Waals surface area contributed by atoms with Crippen LogP contribution in [0, 0.1) is 0 Å². The molecule has 2 heterocycles. The van der Waals surface area contributed by atoms with Gasteiger partial charge in [-0.2, -0.15) is 11.8 Å². The Balaban J connectivity index is 2.06. The molecule has 3 nitrogen and oxygen atoms in total. The molecule has 0 N–H and O–H groups in total. The van der Waals surface area contributed by atoms with E-state index in [-0.39, 0.29) is 0 Å². The van der Waals surface area contributed by atoms with Crippen LogP contribution in [0.25, 0.3) is 16.8 Å². The number of rotatable bonds is 4. The summed E-state index contributed by atoms with van der Waals surface area (Å²) >= 11 is 1.82. The first kappa shape index (κ1) is 12.9. The van der Waals surface area contributed by atoms with Crippen LogP contribution in [0.15, 0.2) is 61.4 Å². The second-order valence-electron chi connectivity index (χ2n) is 4.49. The second-order valence-corrected chi connectivity index (χ2v) is 5.35. The minimum atomic E-state index is 0.974. The van der Waals surface area contributed by atoms with E-state index < -0.39 is 0 Å². The lowest BCUT2D eigenvalue weighted by Crippen LogP contribution is -1.97. The van der Waals surface area contributed by atoms with Crippen molar-refractivity contribution in [2.24, 2.45) is 0 Å². The van der Waals surface area contributed by atoms with Crippen molar-refractivity contribution in [2.45, 2.75) is 5.75 Å². The van der Waals surface area contributed by atoms with Gasteiger partial charge in [0.1, 0.15) is 0 Å². The van der Waals surface area contributed by atoms with Gasteiger partial charge in [0.25, 0.3) is 0 Å². The van der Waals surface area contributed by atoms with Crippen molar-refractivity contribution in [1.29, 1.82) is 0 Å². The van der Waals surface area contributed by atoms with Crippen molar-refractivity contribution in [3.05, 3.63) is 67.0 Å². The highest BCUT2D eigenvalue weighted by Gasteiger charge is 2.07. The number of hydrogen-bond acceptors (Lipinski definition) is 3. The lowest BCUT2D eigenvalue weighted by atomic mass is 10.0. The number of benzene rings is 1. The van der Waals surface area contributed by atoms with Crippen LogP contribution in [0.4, 0.5) is 0 Å². The zero-order valence-electron chi connectivity index (χ0n) is 11.2. The Morgan fingerprint density at radius 1 is 1.10 bits per heavy atom. The van der Waals surface area contributed by atoms with Gasteiger partial charge in [-0.15, -0.1) is 0 Å². The predicted octanol–water partition coefficient (Wildman–Crippen LogP) is 3.80. The predicted molar refractivity (Wildman–Crippen MR) is 84.0 cm³/mol. The van der Waals surface area contributed by atoms with Crippen LogP contribution in [-0.4, -0.2) is 20.8 Å². The lowest BCUT2D eigenvalue weighted by Gasteiger charge is -2.12. The molecule has 1 aromatic carbocycles. The Hall–Kier alpha value is -2.07. The molecule has 0 unspecified atom stereocenters. The fourth-order valence-corrected chi connectivity index (χ4v) is 2.77. The van der Waals surface area contributed by atoms with E-state index in [0.717, 1.165) is 11.3 Å². The average Bonchev–Trinajstić information content (AvgIpc) is 3.02. The molecule has 0 aliphatic heterocycles. The fraction of sp³-hybridized carbons (Fsp3) is 0.125. The van der Waals surface area contributed by atoms with E-state index in [2.05, 4.69) is 45.1 Å². The Kier molecular flexibility index (Phi) is 3.83. The van der Waals surface area contributed by atoms with Gasteiger partial charge >= 0.3 is 0 Å². The molecule has 0 amide bonds. The normalized spacial score (nSPS) is 10.7. The maximum Gasteiger partial charge on any atom is 0.0991 e. The van der Waals surface area contributed by atoms with E-state index in [9.17, 15) is 0 Å². The van der Waals surface area contributed by atoms with Crippen LogP contribution in [0.5, 0.6) is 0 Å². The smallest absolute Gasteiger partial charge is 0.0991 e. The van der Waals surface area contributed by atoms with Gasteiger partial charge in [-0.05, 0) is 41.1 Å². The summed E-state index contributed by atoms with van der Waals surface area (Å²) < 4.78 is 2.05. The highest BCUT2D eigenvalue weighted by Crippen LogP contribution is 2.26. The minimum absolute atomic E-state index is 0.974. The van der Waals surface area contributed by atoms with Crippen molar-refractivity contribution in [2.75, 3.05) is 6.26 Å². The number of aromatic nitrogens is 3. The first-order chi connectivity index (χ1) is 9.88. The Bertz CT molecular complexity index is 678. The number of thioether (sulfide) groups is 1. The van der Waals surface area contributed by atoms with E-state index >= 15 is 0 Å². The standard InChI is InChI=1S/C16H15N3S/c1-20-11-15-9-13(14-3-2-6-17-10-14)4-5-16(15)19-8-7-18-12-19/h2-10,12H,11H2,1H3. The van der Waals surface area contributed by atoms with Gasteiger partial charge in [0, 0.05) is 30.5 Å². The third-order valence-electron chi connectivity index (χ3n) is 3.16. The molecule has 0 aliphatic carbocycles. The molecule has 3 rings (SSSR count). The Labute approximate surface area is 122 Å². The van der Waals surface area contributed by atoms with Gasteiger partial charge in [-0.1, -0.05) is 12.1 Å². The van der Waals surface area contributed by atoms with E-state index in [1.54, 1.807) is 12.4 Å². The maximum atomic E-state index is 4.19. The minimum Gasteiger partial charge on any atom is -0.306 e. The monoisotopic (exact) mass is 281 g/mol. The number of hydrogen-bond donors (Lipinski definition) is 0. The largest absolute Gasteiger partial charge is 0.306 e. The molecule has 0 bridgehead atoms. The molecule has 0 fully saturated rings. The summed E-state index contributed by atoms with van der Waals surface area (Å²) in [6, 6.07) is 10.6. The number of nitrogens with zero attached hydrogens (tertiary/aromatic N) is 3. The molecule has 0 saturated carbocycles. The molecule has 0 aliphatic rings. The van der Waals surface area contributed by atoms with Crippen molar-refractivity contribution in [1.82, 2.24) is 14.5 Å². The van der Waals surface area contributed by atoms with E-state index in [4.69, 9.17) is 0 Å². The average molecular weight is 281 g/mol. The molecule has 0 atom stereocenters. The van der Waals surface area contributed by atoms with E-state index in [1.165, 1.54) is 16.8 Å². The molecular weight excluding hydrogens is 266 g/mol. The summed E-state index contributed by atoms with van der Waals surface area (Å²) in [5.41, 5.74) is 4.83. The van der Waals surface area contributed by atoms with Crippen molar-refractivity contribution in [3.63, 3.8) is 0 Å². The summed E-state index contributed by atoms with van der Waals surface area (Å²) in [5, 5.41) is 0. The molecule has 3 aromatic rings. The summed E-state index contributed by atoms with van der Waals surface area (Å²) in [6.45, 7) is 0. The van der Waals surface area contributed by atoms with Crippen LogP contribution in [0.3, 0.4) is 0 Å². The molecule has 0 saturated heterocycles. The summed E-state index contributed by atoms with van der Waals surface area (Å²) in [6.07, 6.45) is 11.4. The van der Waals surface area contributed by atoms with E-state index in [1.807, 2.05) is 36.5 Å². The first-order valence-corrected chi connectivity index (χ1v) is 7.78. The highest BCUT2D eigenvalue weighted by atomic mass is 32.2. The van der Waals surface area contributed by atoms with Gasteiger partial charge in [-0.25, -0.2) is 4.98 Å². The van der Waals surface area contributed by atoms with Gasteiger partial charge in [0.15, 0.2) is 0 Å². The molecule has 2 aromatic heterocycles. The maximum absolute atomic E-state index is 4.19. The van der Waals surface area contributed by atoms with Crippen molar-refractivity contribution >= 4 is 11.8 Å². The highest BCUT2D eigenvalue weighted by molar-refractivity contribution is 7.97. The molecule has 100 valence electrons. The molecule has 0 spiro atoms. The number of imidazole rings is 1. The van der Waals surface area contributed by atoms with Crippen LogP contribution < -0.4 is 0 Å².